The normalized spacial score (nSPS) is 10.2. The summed E-state index contributed by atoms with van der Waals surface area (Å²) in [5.74, 6) is -2.03. The van der Waals surface area contributed by atoms with Gasteiger partial charge in [0, 0.05) is 25.0 Å². The Morgan fingerprint density at radius 2 is 2.00 bits per heavy atom. The fourth-order valence-corrected chi connectivity index (χ4v) is 1.83. The average molecular weight is 342 g/mol. The molecule has 0 saturated carbocycles. The Kier molecular flexibility index (Phi) is 4.29. The molecule has 0 aliphatic heterocycles. The Labute approximate surface area is 122 Å². The highest BCUT2D eigenvalue weighted by Crippen LogP contribution is 2.23. The zero-order chi connectivity index (χ0) is 14.7. The standard InChI is InChI=1S/C13H10BrF2N3O/c1-17-7-2-3-18-12(4-7)13(20)19-11-6-9(15)8(14)5-10(11)16/h2-6H,1H3,(H,17,18)(H,19,20). The molecule has 7 heteroatoms. The number of carbonyl (C=O) groups is 1. The Balaban J connectivity index is 2.25. The highest BCUT2D eigenvalue weighted by Gasteiger charge is 2.13. The number of hydrogen-bond acceptors (Lipinski definition) is 3. The monoisotopic (exact) mass is 341 g/mol. The Bertz CT molecular complexity index is 664. The number of anilines is 2. The van der Waals surface area contributed by atoms with Crippen LogP contribution >= 0.6 is 15.9 Å². The maximum Gasteiger partial charge on any atom is 0.274 e. The van der Waals surface area contributed by atoms with Gasteiger partial charge in [-0.3, -0.25) is 9.78 Å². The number of benzene rings is 1. The molecule has 0 aliphatic carbocycles. The van der Waals surface area contributed by atoms with Crippen LogP contribution in [0.4, 0.5) is 20.2 Å². The first-order valence-corrected chi connectivity index (χ1v) is 6.40. The van der Waals surface area contributed by atoms with Gasteiger partial charge in [0.2, 0.25) is 0 Å². The van der Waals surface area contributed by atoms with Crippen molar-refractivity contribution in [3.05, 3.63) is 52.3 Å². The summed E-state index contributed by atoms with van der Waals surface area (Å²) >= 11 is 2.86. The summed E-state index contributed by atoms with van der Waals surface area (Å²) in [5, 5.41) is 5.13. The van der Waals surface area contributed by atoms with E-state index >= 15 is 0 Å². The summed E-state index contributed by atoms with van der Waals surface area (Å²) < 4.78 is 26.9. The first-order chi connectivity index (χ1) is 9.51. The number of aromatic nitrogens is 1. The molecule has 104 valence electrons. The molecule has 0 radical (unpaired) electrons. The van der Waals surface area contributed by atoms with E-state index in [1.807, 2.05) is 0 Å². The molecule has 1 heterocycles. The first kappa shape index (κ1) is 14.4. The molecule has 0 spiro atoms. The van der Waals surface area contributed by atoms with Crippen LogP contribution in [0, 0.1) is 11.6 Å². The van der Waals surface area contributed by atoms with Gasteiger partial charge in [-0.15, -0.1) is 0 Å². The van der Waals surface area contributed by atoms with Crippen LogP contribution in [0.5, 0.6) is 0 Å². The number of nitrogens with one attached hydrogen (secondary N) is 2. The predicted octanol–water partition coefficient (Wildman–Crippen LogP) is 3.42. The molecule has 2 aromatic rings. The van der Waals surface area contributed by atoms with Gasteiger partial charge in [-0.05, 0) is 34.1 Å². The van der Waals surface area contributed by atoms with Crippen LogP contribution < -0.4 is 10.6 Å². The minimum absolute atomic E-state index is 0.0108. The van der Waals surface area contributed by atoms with Gasteiger partial charge < -0.3 is 10.6 Å². The van der Waals surface area contributed by atoms with Crippen molar-refractivity contribution < 1.29 is 13.6 Å². The maximum atomic E-state index is 13.6. The number of carbonyl (C=O) groups excluding carboxylic acids is 1. The van der Waals surface area contributed by atoms with E-state index < -0.39 is 17.5 Å². The van der Waals surface area contributed by atoms with Crippen LogP contribution in [0.25, 0.3) is 0 Å². The van der Waals surface area contributed by atoms with E-state index in [1.54, 1.807) is 13.1 Å². The van der Waals surface area contributed by atoms with Crippen molar-refractivity contribution in [2.45, 2.75) is 0 Å². The van der Waals surface area contributed by atoms with Gasteiger partial charge in [0.1, 0.15) is 17.3 Å². The quantitative estimate of drug-likeness (QED) is 0.841. The molecule has 2 N–H and O–H groups in total. The van der Waals surface area contributed by atoms with Crippen LogP contribution in [0.3, 0.4) is 0 Å². The van der Waals surface area contributed by atoms with Crippen molar-refractivity contribution in [2.24, 2.45) is 0 Å². The number of nitrogens with zero attached hydrogens (tertiary/aromatic N) is 1. The van der Waals surface area contributed by atoms with Crippen molar-refractivity contribution >= 4 is 33.2 Å². The van der Waals surface area contributed by atoms with Gasteiger partial charge in [0.05, 0.1) is 10.2 Å². The molecule has 1 aromatic heterocycles. The number of halogens is 3. The van der Waals surface area contributed by atoms with Crippen molar-refractivity contribution in [3.63, 3.8) is 0 Å². The summed E-state index contributed by atoms with van der Waals surface area (Å²) in [4.78, 5) is 15.8. The predicted molar refractivity (Wildman–Crippen MR) is 75.8 cm³/mol. The lowest BCUT2D eigenvalue weighted by atomic mass is 10.2. The van der Waals surface area contributed by atoms with E-state index in [0.29, 0.717) is 5.69 Å². The lowest BCUT2D eigenvalue weighted by Gasteiger charge is -2.08. The summed E-state index contributed by atoms with van der Waals surface area (Å²) in [6.45, 7) is 0. The molecule has 0 bridgehead atoms. The minimum Gasteiger partial charge on any atom is -0.388 e. The topological polar surface area (TPSA) is 54.0 Å². The SMILES string of the molecule is CNc1ccnc(C(=O)Nc2cc(F)c(Br)cc2F)c1. The van der Waals surface area contributed by atoms with E-state index in [0.717, 1.165) is 12.1 Å². The average Bonchev–Trinajstić information content (AvgIpc) is 2.44. The van der Waals surface area contributed by atoms with Crippen LogP contribution in [-0.4, -0.2) is 17.9 Å². The van der Waals surface area contributed by atoms with E-state index in [2.05, 4.69) is 31.5 Å². The van der Waals surface area contributed by atoms with Gasteiger partial charge in [-0.25, -0.2) is 8.78 Å². The van der Waals surface area contributed by atoms with Crippen molar-refractivity contribution in [2.75, 3.05) is 17.7 Å². The second kappa shape index (κ2) is 5.96. The molecule has 0 saturated heterocycles. The minimum atomic E-state index is -0.739. The fraction of sp³-hybridized carbons (Fsp3) is 0.0769. The third-order valence-corrected chi connectivity index (χ3v) is 3.15. The van der Waals surface area contributed by atoms with Gasteiger partial charge in [-0.2, -0.15) is 0 Å². The molecule has 0 aliphatic rings. The fourth-order valence-electron chi connectivity index (χ4n) is 1.51. The third kappa shape index (κ3) is 3.11. The van der Waals surface area contributed by atoms with Gasteiger partial charge in [0.15, 0.2) is 0 Å². The Morgan fingerprint density at radius 3 is 2.70 bits per heavy atom. The molecule has 2 rings (SSSR count). The number of hydrogen-bond donors (Lipinski definition) is 2. The van der Waals surface area contributed by atoms with E-state index in [-0.39, 0.29) is 15.9 Å². The van der Waals surface area contributed by atoms with Crippen LogP contribution in [0.15, 0.2) is 34.9 Å². The summed E-state index contributed by atoms with van der Waals surface area (Å²) in [6.07, 6.45) is 1.44. The number of amides is 1. The van der Waals surface area contributed by atoms with E-state index in [9.17, 15) is 13.6 Å². The van der Waals surface area contributed by atoms with Crippen molar-refractivity contribution in [3.8, 4) is 0 Å². The Morgan fingerprint density at radius 1 is 1.25 bits per heavy atom. The lowest BCUT2D eigenvalue weighted by Crippen LogP contribution is -2.15. The maximum absolute atomic E-state index is 13.6. The largest absolute Gasteiger partial charge is 0.388 e. The second-order valence-electron chi connectivity index (χ2n) is 3.88. The Hall–Kier alpha value is -2.02. The molecule has 4 nitrogen and oxygen atoms in total. The highest BCUT2D eigenvalue weighted by molar-refractivity contribution is 9.10. The zero-order valence-corrected chi connectivity index (χ0v) is 12.0. The zero-order valence-electron chi connectivity index (χ0n) is 10.4. The van der Waals surface area contributed by atoms with Crippen molar-refractivity contribution in [1.82, 2.24) is 4.98 Å². The van der Waals surface area contributed by atoms with E-state index in [1.165, 1.54) is 12.3 Å². The number of rotatable bonds is 3. The molecular formula is C13H10BrF2N3O. The smallest absolute Gasteiger partial charge is 0.274 e. The molecule has 0 fully saturated rings. The first-order valence-electron chi connectivity index (χ1n) is 5.61. The molecule has 0 unspecified atom stereocenters. The lowest BCUT2D eigenvalue weighted by molar-refractivity contribution is 0.102. The van der Waals surface area contributed by atoms with Crippen molar-refractivity contribution in [1.29, 1.82) is 0 Å². The van der Waals surface area contributed by atoms with Crippen LogP contribution in [0.1, 0.15) is 10.5 Å². The molecule has 1 amide bonds. The van der Waals surface area contributed by atoms with Gasteiger partial charge in [-0.1, -0.05) is 0 Å². The van der Waals surface area contributed by atoms with Gasteiger partial charge >= 0.3 is 0 Å². The highest BCUT2D eigenvalue weighted by atomic mass is 79.9. The second-order valence-corrected chi connectivity index (χ2v) is 4.73. The summed E-state index contributed by atoms with van der Waals surface area (Å²) in [6, 6.07) is 5.03. The van der Waals surface area contributed by atoms with Crippen LogP contribution in [-0.2, 0) is 0 Å². The third-order valence-electron chi connectivity index (χ3n) is 2.54. The summed E-state index contributed by atoms with van der Waals surface area (Å²) in [7, 11) is 1.70. The number of pyridine rings is 1. The van der Waals surface area contributed by atoms with E-state index in [4.69, 9.17) is 0 Å². The summed E-state index contributed by atoms with van der Waals surface area (Å²) in [5.41, 5.74) is 0.541. The van der Waals surface area contributed by atoms with Crippen LogP contribution in [0.2, 0.25) is 0 Å². The molecule has 20 heavy (non-hydrogen) atoms. The molecule has 1 aromatic carbocycles. The van der Waals surface area contributed by atoms with Gasteiger partial charge in [0.25, 0.3) is 5.91 Å². The molecular weight excluding hydrogens is 332 g/mol. The molecule has 0 atom stereocenters.